The number of nitrogens with one attached hydrogen (secondary N) is 1. The predicted octanol–water partition coefficient (Wildman–Crippen LogP) is 4.92. The standard InChI is InChI=1S/C21H21BrN4O2/c1-12(19-24-17-10-15(22)11-23-20(17)25-19)13-4-7-18-14(9-13)3-2-8-26(18)21(27)28-16-5-6-16/h4,7,9-12,16H,2-3,5-6,8H2,1H3,(H,23,24,25). The fourth-order valence-corrected chi connectivity index (χ4v) is 4.06. The van der Waals surface area contributed by atoms with Crippen LogP contribution in [0.5, 0.6) is 0 Å². The number of amides is 1. The van der Waals surface area contributed by atoms with Crippen molar-refractivity contribution in [3.63, 3.8) is 0 Å². The topological polar surface area (TPSA) is 71.1 Å². The molecule has 0 saturated heterocycles. The number of benzene rings is 1. The first-order chi connectivity index (χ1) is 13.6. The molecule has 5 rings (SSSR count). The lowest BCUT2D eigenvalue weighted by atomic mass is 9.93. The van der Waals surface area contributed by atoms with Crippen LogP contribution in [0.2, 0.25) is 0 Å². The van der Waals surface area contributed by atoms with Gasteiger partial charge in [0.2, 0.25) is 0 Å². The Hall–Kier alpha value is -2.41. The number of aryl methyl sites for hydroxylation is 1. The van der Waals surface area contributed by atoms with Gasteiger partial charge in [-0.15, -0.1) is 0 Å². The van der Waals surface area contributed by atoms with E-state index < -0.39 is 0 Å². The van der Waals surface area contributed by atoms with Gasteiger partial charge in [0.15, 0.2) is 5.65 Å². The number of H-pyrrole nitrogens is 1. The maximum absolute atomic E-state index is 12.5. The Balaban J connectivity index is 1.43. The number of hydrogen-bond donors (Lipinski definition) is 1. The average Bonchev–Trinajstić information content (AvgIpc) is 3.41. The fourth-order valence-electron chi connectivity index (χ4n) is 3.72. The van der Waals surface area contributed by atoms with Crippen molar-refractivity contribution in [3.05, 3.63) is 51.9 Å². The van der Waals surface area contributed by atoms with E-state index in [1.54, 1.807) is 11.1 Å². The summed E-state index contributed by atoms with van der Waals surface area (Å²) >= 11 is 3.45. The van der Waals surface area contributed by atoms with Crippen molar-refractivity contribution in [3.8, 4) is 0 Å². The minimum absolute atomic E-state index is 0.104. The van der Waals surface area contributed by atoms with Crippen molar-refractivity contribution in [2.24, 2.45) is 0 Å². The lowest BCUT2D eigenvalue weighted by Gasteiger charge is -2.29. The molecule has 3 aromatic rings. The number of pyridine rings is 1. The number of fused-ring (bicyclic) bond motifs is 2. The number of rotatable bonds is 3. The Labute approximate surface area is 171 Å². The van der Waals surface area contributed by atoms with Crippen molar-refractivity contribution in [2.45, 2.75) is 44.6 Å². The highest BCUT2D eigenvalue weighted by Crippen LogP contribution is 2.34. The van der Waals surface area contributed by atoms with Crippen molar-refractivity contribution in [2.75, 3.05) is 11.4 Å². The Bertz CT molecular complexity index is 1060. The van der Waals surface area contributed by atoms with Gasteiger partial charge >= 0.3 is 6.09 Å². The SMILES string of the molecule is CC(c1ccc2c(c1)CCCN2C(=O)OC1CC1)c1nc2ncc(Br)cc2[nH]1. The zero-order chi connectivity index (χ0) is 19.3. The van der Waals surface area contributed by atoms with Crippen LogP contribution in [0.4, 0.5) is 10.5 Å². The van der Waals surface area contributed by atoms with Gasteiger partial charge in [-0.2, -0.15) is 0 Å². The molecule has 6 nitrogen and oxygen atoms in total. The van der Waals surface area contributed by atoms with E-state index in [1.165, 1.54) is 11.1 Å². The summed E-state index contributed by atoms with van der Waals surface area (Å²) in [6.45, 7) is 2.86. The molecular formula is C21H21BrN4O2. The molecule has 1 aliphatic carbocycles. The number of ether oxygens (including phenoxy) is 1. The number of aromatic amines is 1. The van der Waals surface area contributed by atoms with E-state index in [-0.39, 0.29) is 18.1 Å². The van der Waals surface area contributed by atoms with Gasteiger partial charge in [-0.05, 0) is 64.9 Å². The molecular weight excluding hydrogens is 420 g/mol. The maximum atomic E-state index is 12.5. The van der Waals surface area contributed by atoms with Gasteiger partial charge in [0, 0.05) is 23.1 Å². The van der Waals surface area contributed by atoms with E-state index >= 15 is 0 Å². The third-order valence-electron chi connectivity index (χ3n) is 5.47. The van der Waals surface area contributed by atoms with E-state index in [0.29, 0.717) is 0 Å². The first-order valence-electron chi connectivity index (χ1n) is 9.70. The number of nitrogens with zero attached hydrogens (tertiary/aromatic N) is 3. The number of aromatic nitrogens is 3. The fraction of sp³-hybridized carbons (Fsp3) is 0.381. The lowest BCUT2D eigenvalue weighted by Crippen LogP contribution is -2.36. The molecule has 144 valence electrons. The second-order valence-electron chi connectivity index (χ2n) is 7.59. The summed E-state index contributed by atoms with van der Waals surface area (Å²) < 4.78 is 6.43. The van der Waals surface area contributed by atoms with Crippen LogP contribution in [-0.2, 0) is 11.2 Å². The van der Waals surface area contributed by atoms with E-state index in [0.717, 1.165) is 59.4 Å². The zero-order valence-corrected chi connectivity index (χ0v) is 17.2. The van der Waals surface area contributed by atoms with Gasteiger partial charge in [-0.3, -0.25) is 4.90 Å². The monoisotopic (exact) mass is 440 g/mol. The molecule has 0 radical (unpaired) electrons. The first-order valence-corrected chi connectivity index (χ1v) is 10.5. The highest BCUT2D eigenvalue weighted by atomic mass is 79.9. The molecule has 0 spiro atoms. The molecule has 1 amide bonds. The average molecular weight is 441 g/mol. The Morgan fingerprint density at radius 2 is 2.21 bits per heavy atom. The molecule has 28 heavy (non-hydrogen) atoms. The van der Waals surface area contributed by atoms with Crippen LogP contribution >= 0.6 is 15.9 Å². The van der Waals surface area contributed by atoms with Crippen molar-refractivity contribution < 1.29 is 9.53 Å². The molecule has 7 heteroatoms. The Morgan fingerprint density at radius 1 is 1.36 bits per heavy atom. The molecule has 1 N–H and O–H groups in total. The molecule has 3 heterocycles. The molecule has 1 aliphatic heterocycles. The van der Waals surface area contributed by atoms with E-state index in [9.17, 15) is 4.79 Å². The highest BCUT2D eigenvalue weighted by Gasteiger charge is 2.31. The van der Waals surface area contributed by atoms with Gasteiger partial charge in [-0.25, -0.2) is 14.8 Å². The number of anilines is 1. The molecule has 2 aliphatic rings. The predicted molar refractivity (Wildman–Crippen MR) is 111 cm³/mol. The minimum Gasteiger partial charge on any atom is -0.446 e. The summed E-state index contributed by atoms with van der Waals surface area (Å²) in [6, 6.07) is 8.32. The summed E-state index contributed by atoms with van der Waals surface area (Å²) in [7, 11) is 0. The highest BCUT2D eigenvalue weighted by molar-refractivity contribution is 9.10. The van der Waals surface area contributed by atoms with Gasteiger partial charge in [0.1, 0.15) is 11.9 Å². The van der Waals surface area contributed by atoms with E-state index in [4.69, 9.17) is 4.74 Å². The molecule has 1 saturated carbocycles. The Morgan fingerprint density at radius 3 is 3.04 bits per heavy atom. The van der Waals surface area contributed by atoms with Crippen molar-refractivity contribution in [1.29, 1.82) is 0 Å². The van der Waals surface area contributed by atoms with Gasteiger partial charge in [0.25, 0.3) is 0 Å². The van der Waals surface area contributed by atoms with Crippen LogP contribution in [0.1, 0.15) is 49.1 Å². The molecule has 1 aromatic carbocycles. The maximum Gasteiger partial charge on any atom is 0.414 e. The summed E-state index contributed by atoms with van der Waals surface area (Å²) in [4.78, 5) is 26.6. The van der Waals surface area contributed by atoms with Gasteiger partial charge in [-0.1, -0.05) is 19.1 Å². The normalized spacial score (nSPS) is 17.4. The van der Waals surface area contributed by atoms with Gasteiger partial charge < -0.3 is 9.72 Å². The summed E-state index contributed by atoms with van der Waals surface area (Å²) in [5.41, 5.74) is 4.98. The van der Waals surface area contributed by atoms with E-state index in [2.05, 4.69) is 49.9 Å². The Kier molecular flexibility index (Phi) is 4.34. The summed E-state index contributed by atoms with van der Waals surface area (Å²) in [6.07, 6.45) is 5.58. The molecule has 1 atom stereocenters. The van der Waals surface area contributed by atoms with Gasteiger partial charge in [0.05, 0.1) is 11.2 Å². The smallest absolute Gasteiger partial charge is 0.414 e. The number of imidazole rings is 1. The molecule has 1 unspecified atom stereocenters. The first kappa shape index (κ1) is 17.7. The summed E-state index contributed by atoms with van der Waals surface area (Å²) in [5, 5.41) is 0. The molecule has 1 fully saturated rings. The summed E-state index contributed by atoms with van der Waals surface area (Å²) in [5.74, 6) is 0.994. The van der Waals surface area contributed by atoms with Crippen LogP contribution in [0.15, 0.2) is 34.9 Å². The number of carbonyl (C=O) groups is 1. The van der Waals surface area contributed by atoms with Crippen molar-refractivity contribution >= 4 is 38.9 Å². The minimum atomic E-state index is -0.210. The second-order valence-corrected chi connectivity index (χ2v) is 8.51. The number of hydrogen-bond acceptors (Lipinski definition) is 4. The number of carbonyl (C=O) groups excluding carboxylic acids is 1. The van der Waals surface area contributed by atoms with Crippen LogP contribution < -0.4 is 4.90 Å². The third-order valence-corrected chi connectivity index (χ3v) is 5.90. The van der Waals surface area contributed by atoms with Crippen LogP contribution in [0.25, 0.3) is 11.2 Å². The van der Waals surface area contributed by atoms with Crippen LogP contribution in [-0.4, -0.2) is 33.7 Å². The quantitative estimate of drug-likeness (QED) is 0.626. The molecule has 2 aromatic heterocycles. The van der Waals surface area contributed by atoms with Crippen molar-refractivity contribution in [1.82, 2.24) is 15.0 Å². The molecule has 0 bridgehead atoms. The third kappa shape index (κ3) is 3.28. The zero-order valence-electron chi connectivity index (χ0n) is 15.6. The van der Waals surface area contributed by atoms with Crippen LogP contribution in [0.3, 0.4) is 0 Å². The second kappa shape index (κ2) is 6.88. The van der Waals surface area contributed by atoms with Crippen LogP contribution in [0, 0.1) is 0 Å². The largest absolute Gasteiger partial charge is 0.446 e. The van der Waals surface area contributed by atoms with E-state index in [1.807, 2.05) is 12.1 Å². The number of halogens is 1. The lowest BCUT2D eigenvalue weighted by molar-refractivity contribution is 0.146.